The minimum Gasteiger partial charge on any atom is -0.504 e. The van der Waals surface area contributed by atoms with Gasteiger partial charge >= 0.3 is 5.97 Å². The molecule has 2 aromatic rings. The van der Waals surface area contributed by atoms with Gasteiger partial charge in [-0.15, -0.1) is 0 Å². The monoisotopic (exact) mass is 570 g/mol. The Balaban J connectivity index is 1.92. The quantitative estimate of drug-likeness (QED) is 0.336. The summed E-state index contributed by atoms with van der Waals surface area (Å²) in [6, 6.07) is 1.63. The maximum absolute atomic E-state index is 12.6. The number of esters is 1. The number of aryl methyl sites for hydroxylation is 2. The number of phenols is 1. The predicted molar refractivity (Wildman–Crippen MR) is 153 cm³/mol. The van der Waals surface area contributed by atoms with E-state index in [2.05, 4.69) is 5.32 Å². The highest BCUT2D eigenvalue weighted by atomic mass is 16.7. The van der Waals surface area contributed by atoms with Crippen molar-refractivity contribution in [2.45, 2.75) is 72.6 Å². The summed E-state index contributed by atoms with van der Waals surface area (Å²) in [5.41, 5.74) is 4.63. The SMILES string of the molecule is CCc1cc(C)c(OC)c(O)c1[C@H](C1Cc2c(OC(C)=O)c(C)c3c(c2[C@H](CNC(=O)C(C)C)O1)OCO3)N(C)C. The van der Waals surface area contributed by atoms with Gasteiger partial charge in [0.15, 0.2) is 23.0 Å². The third kappa shape index (κ3) is 5.67. The van der Waals surface area contributed by atoms with E-state index in [4.69, 9.17) is 23.7 Å². The second kappa shape index (κ2) is 12.2. The number of hydrogen-bond donors (Lipinski definition) is 2. The van der Waals surface area contributed by atoms with Crippen molar-refractivity contribution in [3.05, 3.63) is 39.4 Å². The van der Waals surface area contributed by atoms with Crippen molar-refractivity contribution < 1.29 is 38.4 Å². The number of aromatic hydroxyl groups is 1. The van der Waals surface area contributed by atoms with Crippen LogP contribution in [0.15, 0.2) is 6.07 Å². The van der Waals surface area contributed by atoms with Crippen LogP contribution in [0, 0.1) is 19.8 Å². The van der Waals surface area contributed by atoms with Crippen LogP contribution in [0.2, 0.25) is 0 Å². The van der Waals surface area contributed by atoms with Gasteiger partial charge in [0.2, 0.25) is 12.7 Å². The number of amides is 1. The molecule has 0 saturated carbocycles. The normalized spacial score (nSPS) is 18.3. The zero-order chi connectivity index (χ0) is 30.2. The number of nitrogens with one attached hydrogen (secondary N) is 1. The van der Waals surface area contributed by atoms with Crippen molar-refractivity contribution in [1.82, 2.24) is 10.2 Å². The number of methoxy groups -OCH3 is 1. The van der Waals surface area contributed by atoms with Crippen molar-refractivity contribution >= 4 is 11.9 Å². The minimum absolute atomic E-state index is 0.0257. The smallest absolute Gasteiger partial charge is 0.308 e. The Morgan fingerprint density at radius 2 is 1.85 bits per heavy atom. The van der Waals surface area contributed by atoms with Gasteiger partial charge in [0.05, 0.1) is 19.3 Å². The fraction of sp³-hybridized carbons (Fsp3) is 0.548. The number of fused-ring (bicyclic) bond motifs is 3. The highest BCUT2D eigenvalue weighted by Crippen LogP contribution is 2.54. The average molecular weight is 571 g/mol. The van der Waals surface area contributed by atoms with Gasteiger partial charge < -0.3 is 34.1 Å². The molecule has 10 heteroatoms. The van der Waals surface area contributed by atoms with Gasteiger partial charge in [-0.25, -0.2) is 0 Å². The maximum Gasteiger partial charge on any atom is 0.308 e. The molecule has 2 N–H and O–H groups in total. The highest BCUT2D eigenvalue weighted by Gasteiger charge is 2.43. The molecule has 0 aromatic heterocycles. The molecule has 0 bridgehead atoms. The zero-order valence-corrected chi connectivity index (χ0v) is 25.5. The van der Waals surface area contributed by atoms with Crippen LogP contribution >= 0.6 is 0 Å². The second-order valence-electron chi connectivity index (χ2n) is 11.2. The Morgan fingerprint density at radius 3 is 2.44 bits per heavy atom. The van der Waals surface area contributed by atoms with Gasteiger partial charge in [0.1, 0.15) is 11.9 Å². The number of carbonyl (C=O) groups is 2. The lowest BCUT2D eigenvalue weighted by Gasteiger charge is -2.41. The van der Waals surface area contributed by atoms with Crippen LogP contribution in [0.25, 0.3) is 0 Å². The van der Waals surface area contributed by atoms with Crippen molar-refractivity contribution in [3.63, 3.8) is 0 Å². The van der Waals surface area contributed by atoms with E-state index in [1.165, 1.54) is 6.92 Å². The van der Waals surface area contributed by atoms with Crippen LogP contribution in [0.3, 0.4) is 0 Å². The molecule has 1 unspecified atom stereocenters. The number of rotatable bonds is 9. The number of phenolic OH excluding ortho intramolecular Hbond substituents is 1. The van der Waals surface area contributed by atoms with E-state index in [1.807, 2.05) is 59.7 Å². The molecule has 224 valence electrons. The van der Waals surface area contributed by atoms with Gasteiger partial charge in [0.25, 0.3) is 0 Å². The molecule has 10 nitrogen and oxygen atoms in total. The van der Waals surface area contributed by atoms with Gasteiger partial charge in [-0.3, -0.25) is 14.5 Å². The second-order valence-corrected chi connectivity index (χ2v) is 11.2. The molecule has 41 heavy (non-hydrogen) atoms. The summed E-state index contributed by atoms with van der Waals surface area (Å²) in [4.78, 5) is 26.9. The molecular weight excluding hydrogens is 528 g/mol. The lowest BCUT2D eigenvalue weighted by molar-refractivity contribution is -0.132. The molecule has 0 fully saturated rings. The topological polar surface area (TPSA) is 116 Å². The first-order valence-electron chi connectivity index (χ1n) is 14.0. The van der Waals surface area contributed by atoms with Gasteiger partial charge in [0, 0.05) is 48.1 Å². The molecule has 4 rings (SSSR count). The van der Waals surface area contributed by atoms with Gasteiger partial charge in [-0.2, -0.15) is 0 Å². The van der Waals surface area contributed by atoms with Crippen LogP contribution < -0.4 is 24.3 Å². The summed E-state index contributed by atoms with van der Waals surface area (Å²) < 4.78 is 29.9. The maximum atomic E-state index is 12.6. The highest BCUT2D eigenvalue weighted by molar-refractivity contribution is 5.78. The fourth-order valence-electron chi connectivity index (χ4n) is 5.96. The molecule has 2 aliphatic heterocycles. The lowest BCUT2D eigenvalue weighted by Crippen LogP contribution is -2.42. The molecule has 0 spiro atoms. The number of nitrogens with zero attached hydrogens (tertiary/aromatic N) is 1. The van der Waals surface area contributed by atoms with E-state index in [0.717, 1.165) is 16.7 Å². The van der Waals surface area contributed by atoms with E-state index in [0.29, 0.717) is 52.5 Å². The first kappa shape index (κ1) is 30.5. The molecular formula is C31H42N2O8. The summed E-state index contributed by atoms with van der Waals surface area (Å²) in [5, 5.41) is 14.5. The van der Waals surface area contributed by atoms with E-state index < -0.39 is 24.2 Å². The largest absolute Gasteiger partial charge is 0.504 e. The third-order valence-electron chi connectivity index (χ3n) is 7.79. The molecule has 0 saturated heterocycles. The number of benzene rings is 2. The van der Waals surface area contributed by atoms with E-state index in [9.17, 15) is 14.7 Å². The van der Waals surface area contributed by atoms with E-state index in [1.54, 1.807) is 7.11 Å². The summed E-state index contributed by atoms with van der Waals surface area (Å²) in [5.74, 6) is 1.14. The number of likely N-dealkylation sites (N-methyl/N-ethyl adjacent to an activating group) is 1. The third-order valence-corrected chi connectivity index (χ3v) is 7.79. The van der Waals surface area contributed by atoms with Crippen LogP contribution in [0.5, 0.6) is 28.7 Å². The van der Waals surface area contributed by atoms with Crippen LogP contribution in [0.1, 0.15) is 73.2 Å². The first-order chi connectivity index (χ1) is 19.4. The van der Waals surface area contributed by atoms with Gasteiger partial charge in [-0.05, 0) is 45.5 Å². The number of hydrogen-bond acceptors (Lipinski definition) is 9. The molecule has 2 heterocycles. The van der Waals surface area contributed by atoms with Crippen LogP contribution in [-0.4, -0.2) is 62.5 Å². The standard InChI is InChI=1S/C31H42N2O8/c1-10-19-11-16(4)27(37-9)26(35)23(19)25(33(7)8)21-12-20-24(22(41-21)13-32-31(36)15(2)3)30-29(38-14-39-30)17(5)28(20)40-18(6)34/h11,15,21-22,25,35H,10,12-14H2,1-9H3,(H,32,36)/t21?,22-,25-/m0/s1. The summed E-state index contributed by atoms with van der Waals surface area (Å²) >= 11 is 0. The molecule has 3 atom stereocenters. The summed E-state index contributed by atoms with van der Waals surface area (Å²) in [7, 11) is 5.41. The zero-order valence-electron chi connectivity index (χ0n) is 25.5. The molecule has 0 radical (unpaired) electrons. The molecule has 2 aromatic carbocycles. The van der Waals surface area contributed by atoms with Crippen molar-refractivity contribution in [2.75, 3.05) is 34.5 Å². The van der Waals surface area contributed by atoms with Crippen molar-refractivity contribution in [3.8, 4) is 28.7 Å². The number of carbonyl (C=O) groups excluding carboxylic acids is 2. The van der Waals surface area contributed by atoms with E-state index in [-0.39, 0.29) is 30.9 Å². The van der Waals surface area contributed by atoms with Crippen LogP contribution in [-0.2, 0) is 27.2 Å². The summed E-state index contributed by atoms with van der Waals surface area (Å²) in [6.45, 7) is 11.0. The minimum atomic E-state index is -0.640. The average Bonchev–Trinajstić information content (AvgIpc) is 3.40. The molecule has 0 aliphatic carbocycles. The molecule has 2 aliphatic rings. The Kier molecular flexibility index (Phi) is 9.03. The van der Waals surface area contributed by atoms with E-state index >= 15 is 0 Å². The predicted octanol–water partition coefficient (Wildman–Crippen LogP) is 4.29. The van der Waals surface area contributed by atoms with Crippen molar-refractivity contribution in [2.24, 2.45) is 5.92 Å². The van der Waals surface area contributed by atoms with Crippen molar-refractivity contribution in [1.29, 1.82) is 0 Å². The lowest BCUT2D eigenvalue weighted by atomic mass is 9.83. The first-order valence-corrected chi connectivity index (χ1v) is 14.0. The Morgan fingerprint density at radius 1 is 1.17 bits per heavy atom. The summed E-state index contributed by atoms with van der Waals surface area (Å²) in [6.07, 6.45) is -0.104. The Hall–Kier alpha value is -3.50. The fourth-order valence-corrected chi connectivity index (χ4v) is 5.96. The Bertz CT molecular complexity index is 1340. The Labute approximate surface area is 241 Å². The molecule has 1 amide bonds. The van der Waals surface area contributed by atoms with Gasteiger partial charge in [-0.1, -0.05) is 26.8 Å². The van der Waals surface area contributed by atoms with Crippen LogP contribution in [0.4, 0.5) is 0 Å². The number of ether oxygens (including phenoxy) is 5.